The van der Waals surface area contributed by atoms with E-state index in [1.807, 2.05) is 0 Å². The van der Waals surface area contributed by atoms with E-state index in [0.717, 1.165) is 28.6 Å². The number of β-amino-alcohol motifs (C(OH)–C–C–N with tert-alkyl or cyclic N) is 1. The fourth-order valence-corrected chi connectivity index (χ4v) is 4.55. The van der Waals surface area contributed by atoms with Gasteiger partial charge in [-0.1, -0.05) is 18.2 Å². The molecule has 1 saturated heterocycles. The summed E-state index contributed by atoms with van der Waals surface area (Å²) in [7, 11) is -4.11. The van der Waals surface area contributed by atoms with Crippen LogP contribution in [0.1, 0.15) is 6.42 Å². The molecule has 1 heterocycles. The highest BCUT2D eigenvalue weighted by atomic mass is 32.2. The zero-order valence-corrected chi connectivity index (χ0v) is 14.9. The lowest BCUT2D eigenvalue weighted by Gasteiger charge is -2.23. The summed E-state index contributed by atoms with van der Waals surface area (Å²) in [6, 6.07) is 11.9. The summed E-state index contributed by atoms with van der Waals surface area (Å²) in [6.07, 6.45) is -1.02. The Morgan fingerprint density at radius 3 is 2.37 bits per heavy atom. The van der Waals surface area contributed by atoms with Crippen LogP contribution in [-0.2, 0) is 14.8 Å². The fourth-order valence-electron chi connectivity index (χ4n) is 2.91. The molecular weight excluding hydrogens is 374 g/mol. The topological polar surface area (TPSA) is 130 Å². The SMILES string of the molecule is O=C(Nc1ccccc1)[C@H]1C[C@@H](O)CN1S(=O)(=O)c1ccc([N+](=O)[O-])cc1. The zero-order valence-electron chi connectivity index (χ0n) is 14.1. The predicted octanol–water partition coefficient (Wildman–Crippen LogP) is 1.36. The number of rotatable bonds is 5. The molecule has 27 heavy (non-hydrogen) atoms. The minimum absolute atomic E-state index is 0.0368. The number of carbonyl (C=O) groups is 1. The quantitative estimate of drug-likeness (QED) is 0.585. The summed E-state index contributed by atoms with van der Waals surface area (Å²) in [6.45, 7) is -0.230. The van der Waals surface area contributed by atoms with Crippen LogP contribution in [0.3, 0.4) is 0 Å². The van der Waals surface area contributed by atoms with Gasteiger partial charge in [-0.2, -0.15) is 4.31 Å². The molecule has 0 aliphatic carbocycles. The van der Waals surface area contributed by atoms with Crippen LogP contribution in [0.4, 0.5) is 11.4 Å². The van der Waals surface area contributed by atoms with Gasteiger partial charge in [0.15, 0.2) is 0 Å². The van der Waals surface area contributed by atoms with Crippen molar-refractivity contribution in [3.8, 4) is 0 Å². The smallest absolute Gasteiger partial charge is 0.269 e. The van der Waals surface area contributed by atoms with Gasteiger partial charge >= 0.3 is 0 Å². The normalized spacial score (nSPS) is 20.3. The summed E-state index contributed by atoms with van der Waals surface area (Å²) < 4.78 is 26.7. The maximum atomic E-state index is 12.9. The number of hydrogen-bond donors (Lipinski definition) is 2. The third kappa shape index (κ3) is 3.97. The summed E-state index contributed by atoms with van der Waals surface area (Å²) in [5.74, 6) is -0.553. The van der Waals surface area contributed by atoms with E-state index in [-0.39, 0.29) is 23.5 Å². The Bertz CT molecular complexity index is 946. The van der Waals surface area contributed by atoms with Gasteiger partial charge in [-0.15, -0.1) is 0 Å². The molecule has 2 aromatic rings. The van der Waals surface area contributed by atoms with Gasteiger partial charge in [-0.25, -0.2) is 8.42 Å². The molecule has 2 aromatic carbocycles. The summed E-state index contributed by atoms with van der Waals surface area (Å²) in [5.41, 5.74) is 0.269. The van der Waals surface area contributed by atoms with Gasteiger partial charge in [0.05, 0.1) is 15.9 Å². The third-order valence-electron chi connectivity index (χ3n) is 4.23. The molecule has 1 aliphatic rings. The highest BCUT2D eigenvalue weighted by molar-refractivity contribution is 7.89. The van der Waals surface area contributed by atoms with Crippen LogP contribution in [0.25, 0.3) is 0 Å². The third-order valence-corrected chi connectivity index (χ3v) is 6.12. The minimum Gasteiger partial charge on any atom is -0.392 e. The van der Waals surface area contributed by atoms with Gasteiger partial charge in [-0.05, 0) is 24.3 Å². The maximum Gasteiger partial charge on any atom is 0.269 e. The second kappa shape index (κ2) is 7.43. The highest BCUT2D eigenvalue weighted by Gasteiger charge is 2.43. The van der Waals surface area contributed by atoms with Crippen molar-refractivity contribution in [3.05, 3.63) is 64.7 Å². The Hall–Kier alpha value is -2.82. The average Bonchev–Trinajstić information content (AvgIpc) is 3.05. The van der Waals surface area contributed by atoms with Crippen molar-refractivity contribution in [1.82, 2.24) is 4.31 Å². The largest absolute Gasteiger partial charge is 0.392 e. The standard InChI is InChI=1S/C17H17N3O6S/c21-14-10-16(17(22)18-12-4-2-1-3-5-12)19(11-14)27(25,26)15-8-6-13(7-9-15)20(23)24/h1-9,14,16,21H,10-11H2,(H,18,22)/t14-,16-/m1/s1. The van der Waals surface area contributed by atoms with E-state index in [1.54, 1.807) is 30.3 Å². The average molecular weight is 391 g/mol. The molecule has 0 unspecified atom stereocenters. The van der Waals surface area contributed by atoms with Gasteiger partial charge in [0.2, 0.25) is 15.9 Å². The van der Waals surface area contributed by atoms with Crippen LogP contribution in [0.2, 0.25) is 0 Å². The number of amides is 1. The lowest BCUT2D eigenvalue weighted by atomic mass is 10.2. The number of para-hydroxylation sites is 1. The van der Waals surface area contributed by atoms with Crippen molar-refractivity contribution in [2.45, 2.75) is 23.5 Å². The number of aliphatic hydroxyl groups excluding tert-OH is 1. The van der Waals surface area contributed by atoms with E-state index in [1.165, 1.54) is 0 Å². The molecule has 2 atom stereocenters. The molecule has 10 heteroatoms. The van der Waals surface area contributed by atoms with Gasteiger partial charge in [0.1, 0.15) is 6.04 Å². The molecule has 0 bridgehead atoms. The van der Waals surface area contributed by atoms with Crippen LogP contribution >= 0.6 is 0 Å². The van der Waals surface area contributed by atoms with E-state index < -0.39 is 33.0 Å². The molecule has 2 N–H and O–H groups in total. The highest BCUT2D eigenvalue weighted by Crippen LogP contribution is 2.28. The van der Waals surface area contributed by atoms with E-state index in [0.29, 0.717) is 5.69 Å². The number of nitro groups is 1. The molecule has 3 rings (SSSR count). The van der Waals surface area contributed by atoms with E-state index in [4.69, 9.17) is 0 Å². The zero-order chi connectivity index (χ0) is 19.6. The molecule has 0 aromatic heterocycles. The first-order chi connectivity index (χ1) is 12.8. The summed E-state index contributed by atoms with van der Waals surface area (Å²) in [4.78, 5) is 22.5. The molecule has 1 amide bonds. The molecule has 0 radical (unpaired) electrons. The Morgan fingerprint density at radius 1 is 1.15 bits per heavy atom. The predicted molar refractivity (Wildman–Crippen MR) is 96.5 cm³/mol. The number of benzene rings is 2. The molecule has 142 valence electrons. The van der Waals surface area contributed by atoms with Crippen LogP contribution in [0.15, 0.2) is 59.5 Å². The molecule has 1 aliphatic heterocycles. The van der Waals surface area contributed by atoms with Crippen molar-refractivity contribution < 1.29 is 23.2 Å². The van der Waals surface area contributed by atoms with Gasteiger partial charge in [0.25, 0.3) is 5.69 Å². The van der Waals surface area contributed by atoms with Crippen molar-refractivity contribution in [2.24, 2.45) is 0 Å². The van der Waals surface area contributed by atoms with Crippen molar-refractivity contribution in [3.63, 3.8) is 0 Å². The molecule has 0 spiro atoms. The van der Waals surface area contributed by atoms with Crippen LogP contribution in [0, 0.1) is 10.1 Å². The van der Waals surface area contributed by atoms with Crippen molar-refractivity contribution >= 4 is 27.3 Å². The van der Waals surface area contributed by atoms with Crippen LogP contribution in [0.5, 0.6) is 0 Å². The van der Waals surface area contributed by atoms with E-state index >= 15 is 0 Å². The van der Waals surface area contributed by atoms with E-state index in [9.17, 15) is 28.4 Å². The lowest BCUT2D eigenvalue weighted by Crippen LogP contribution is -2.43. The molecule has 9 nitrogen and oxygen atoms in total. The van der Waals surface area contributed by atoms with Gasteiger partial charge < -0.3 is 10.4 Å². The van der Waals surface area contributed by atoms with Crippen molar-refractivity contribution in [1.29, 1.82) is 0 Å². The number of sulfonamides is 1. The first-order valence-corrected chi connectivity index (χ1v) is 9.53. The number of nitrogens with one attached hydrogen (secondary N) is 1. The molecule has 1 fully saturated rings. The summed E-state index contributed by atoms with van der Waals surface area (Å²) >= 11 is 0. The number of anilines is 1. The Balaban J connectivity index is 1.86. The van der Waals surface area contributed by atoms with Crippen LogP contribution < -0.4 is 5.32 Å². The second-order valence-electron chi connectivity index (χ2n) is 6.09. The number of non-ortho nitro benzene ring substituents is 1. The molecular formula is C17H17N3O6S. The van der Waals surface area contributed by atoms with Gasteiger partial charge in [-0.3, -0.25) is 14.9 Å². The Labute approximate surface area is 155 Å². The number of carbonyl (C=O) groups excluding carboxylic acids is 1. The van der Waals surface area contributed by atoms with Crippen molar-refractivity contribution in [2.75, 3.05) is 11.9 Å². The number of nitro benzene ring substituents is 1. The lowest BCUT2D eigenvalue weighted by molar-refractivity contribution is -0.384. The number of nitrogens with zero attached hydrogens (tertiary/aromatic N) is 2. The first-order valence-electron chi connectivity index (χ1n) is 8.09. The number of aliphatic hydroxyl groups is 1. The van der Waals surface area contributed by atoms with Gasteiger partial charge in [0, 0.05) is 30.8 Å². The molecule has 0 saturated carbocycles. The van der Waals surface area contributed by atoms with E-state index in [2.05, 4.69) is 5.32 Å². The maximum absolute atomic E-state index is 12.9. The summed E-state index contributed by atoms with van der Waals surface area (Å²) in [5, 5.41) is 23.3. The van der Waals surface area contributed by atoms with Crippen LogP contribution in [-0.4, -0.2) is 47.4 Å². The Morgan fingerprint density at radius 2 is 1.78 bits per heavy atom. The number of hydrogen-bond acceptors (Lipinski definition) is 6. The Kier molecular flexibility index (Phi) is 5.22. The second-order valence-corrected chi connectivity index (χ2v) is 7.98. The minimum atomic E-state index is -4.11. The fraction of sp³-hybridized carbons (Fsp3) is 0.235. The monoisotopic (exact) mass is 391 g/mol. The first kappa shape index (κ1) is 19.0.